The van der Waals surface area contributed by atoms with Crippen molar-refractivity contribution in [3.8, 4) is 5.75 Å². The van der Waals surface area contributed by atoms with Gasteiger partial charge in [-0.05, 0) is 74.6 Å². The van der Waals surface area contributed by atoms with E-state index in [-0.39, 0.29) is 16.9 Å². The van der Waals surface area contributed by atoms with E-state index >= 15 is 0 Å². The quantitative estimate of drug-likeness (QED) is 0.616. The summed E-state index contributed by atoms with van der Waals surface area (Å²) in [6.45, 7) is 6.77. The number of amides is 1. The molecule has 0 atom stereocenters. The number of rotatable bonds is 9. The predicted molar refractivity (Wildman–Crippen MR) is 119 cm³/mol. The highest BCUT2D eigenvalue weighted by Gasteiger charge is 2.25. The summed E-state index contributed by atoms with van der Waals surface area (Å²) in [7, 11) is -3.58. The monoisotopic (exact) mass is 430 g/mol. The van der Waals surface area contributed by atoms with Crippen molar-refractivity contribution in [1.29, 1.82) is 0 Å². The SMILES string of the molecule is CCC(=O)N1CCc2cc(S(=O)(=O)NCCCc3cccc(OC(C)C)c3)ccc21. The maximum atomic E-state index is 12.7. The number of anilines is 1. The molecule has 0 radical (unpaired) electrons. The Kier molecular flexibility index (Phi) is 7.15. The lowest BCUT2D eigenvalue weighted by molar-refractivity contribution is -0.118. The van der Waals surface area contributed by atoms with Crippen molar-refractivity contribution in [3.63, 3.8) is 0 Å². The molecule has 162 valence electrons. The molecule has 0 fully saturated rings. The van der Waals surface area contributed by atoms with Crippen LogP contribution in [0.3, 0.4) is 0 Å². The van der Waals surface area contributed by atoms with E-state index < -0.39 is 10.0 Å². The summed E-state index contributed by atoms with van der Waals surface area (Å²) in [4.78, 5) is 14.0. The van der Waals surface area contributed by atoms with E-state index in [0.29, 0.717) is 32.4 Å². The highest BCUT2D eigenvalue weighted by molar-refractivity contribution is 7.89. The minimum atomic E-state index is -3.58. The fourth-order valence-corrected chi connectivity index (χ4v) is 4.75. The number of hydrogen-bond acceptors (Lipinski definition) is 4. The third kappa shape index (κ3) is 5.40. The Labute approximate surface area is 179 Å². The number of benzene rings is 2. The molecule has 1 heterocycles. The van der Waals surface area contributed by atoms with Gasteiger partial charge in [-0.3, -0.25) is 4.79 Å². The second-order valence-electron chi connectivity index (χ2n) is 7.75. The molecular weight excluding hydrogens is 400 g/mol. The Morgan fingerprint density at radius 3 is 2.73 bits per heavy atom. The van der Waals surface area contributed by atoms with Gasteiger partial charge in [0.25, 0.3) is 0 Å². The van der Waals surface area contributed by atoms with Gasteiger partial charge in [0, 0.05) is 25.2 Å². The van der Waals surface area contributed by atoms with Gasteiger partial charge in [0.15, 0.2) is 0 Å². The third-order valence-corrected chi connectivity index (χ3v) is 6.52. The topological polar surface area (TPSA) is 75.7 Å². The van der Waals surface area contributed by atoms with E-state index in [9.17, 15) is 13.2 Å². The predicted octanol–water partition coefficient (Wildman–Crippen LogP) is 3.68. The average molecular weight is 431 g/mol. The fourth-order valence-electron chi connectivity index (χ4n) is 3.62. The average Bonchev–Trinajstić information content (AvgIpc) is 3.14. The van der Waals surface area contributed by atoms with E-state index in [1.54, 1.807) is 23.1 Å². The normalized spacial score (nSPS) is 13.5. The van der Waals surface area contributed by atoms with Gasteiger partial charge in [0.1, 0.15) is 5.75 Å². The van der Waals surface area contributed by atoms with E-state index in [1.165, 1.54) is 0 Å². The van der Waals surface area contributed by atoms with Gasteiger partial charge in [0.2, 0.25) is 15.9 Å². The number of aryl methyl sites for hydroxylation is 1. The zero-order valence-electron chi connectivity index (χ0n) is 17.8. The Morgan fingerprint density at radius 2 is 2.00 bits per heavy atom. The molecule has 1 amide bonds. The number of nitrogens with zero attached hydrogens (tertiary/aromatic N) is 1. The van der Waals surface area contributed by atoms with Gasteiger partial charge >= 0.3 is 0 Å². The number of nitrogens with one attached hydrogen (secondary N) is 1. The number of carbonyl (C=O) groups excluding carboxylic acids is 1. The van der Waals surface area contributed by atoms with Crippen LogP contribution in [0.1, 0.15) is 44.7 Å². The molecule has 0 saturated carbocycles. The van der Waals surface area contributed by atoms with Crippen LogP contribution in [0, 0.1) is 0 Å². The van der Waals surface area contributed by atoms with Gasteiger partial charge in [-0.2, -0.15) is 0 Å². The zero-order valence-corrected chi connectivity index (χ0v) is 18.7. The lowest BCUT2D eigenvalue weighted by Crippen LogP contribution is -2.28. The molecule has 2 aromatic carbocycles. The Morgan fingerprint density at radius 1 is 1.20 bits per heavy atom. The first-order valence-corrected chi connectivity index (χ1v) is 12.0. The first kappa shape index (κ1) is 22.3. The van der Waals surface area contributed by atoms with Crippen molar-refractivity contribution < 1.29 is 17.9 Å². The molecule has 6 nitrogen and oxygen atoms in total. The molecule has 1 aliphatic rings. The van der Waals surface area contributed by atoms with Crippen molar-refractivity contribution in [2.24, 2.45) is 0 Å². The molecule has 0 unspecified atom stereocenters. The van der Waals surface area contributed by atoms with Crippen molar-refractivity contribution in [1.82, 2.24) is 4.72 Å². The zero-order chi connectivity index (χ0) is 21.7. The largest absolute Gasteiger partial charge is 0.491 e. The van der Waals surface area contributed by atoms with E-state index in [4.69, 9.17) is 4.74 Å². The van der Waals surface area contributed by atoms with Crippen LogP contribution in [0.25, 0.3) is 0 Å². The molecule has 0 bridgehead atoms. The van der Waals surface area contributed by atoms with E-state index in [0.717, 1.165) is 29.0 Å². The summed E-state index contributed by atoms with van der Waals surface area (Å²) >= 11 is 0. The van der Waals surface area contributed by atoms with Crippen LogP contribution in [-0.2, 0) is 27.7 Å². The Bertz CT molecular complexity index is 1000. The van der Waals surface area contributed by atoms with Crippen LogP contribution in [0.4, 0.5) is 5.69 Å². The third-order valence-electron chi connectivity index (χ3n) is 5.06. The Balaban J connectivity index is 1.57. The van der Waals surface area contributed by atoms with Gasteiger partial charge in [-0.25, -0.2) is 13.1 Å². The minimum absolute atomic E-state index is 0.0605. The number of hydrogen-bond donors (Lipinski definition) is 1. The molecule has 0 saturated heterocycles. The summed E-state index contributed by atoms with van der Waals surface area (Å²) in [5.41, 5.74) is 2.84. The summed E-state index contributed by atoms with van der Waals surface area (Å²) in [5, 5.41) is 0. The van der Waals surface area contributed by atoms with Crippen molar-refractivity contribution in [2.75, 3.05) is 18.0 Å². The molecule has 3 rings (SSSR count). The molecule has 0 aromatic heterocycles. The molecule has 2 aromatic rings. The fraction of sp³-hybridized carbons (Fsp3) is 0.435. The smallest absolute Gasteiger partial charge is 0.240 e. The number of carbonyl (C=O) groups is 1. The standard InChI is InChI=1S/C23H30N2O4S/c1-4-23(26)25-14-12-19-16-21(10-11-22(19)25)30(27,28)24-13-6-8-18-7-5-9-20(15-18)29-17(2)3/h5,7,9-11,15-17,24H,4,6,8,12-14H2,1-3H3. The number of ether oxygens (including phenoxy) is 1. The summed E-state index contributed by atoms with van der Waals surface area (Å²) in [6, 6.07) is 12.9. The highest BCUT2D eigenvalue weighted by Crippen LogP contribution is 2.30. The molecule has 7 heteroatoms. The highest BCUT2D eigenvalue weighted by atomic mass is 32.2. The second-order valence-corrected chi connectivity index (χ2v) is 9.52. The van der Waals surface area contributed by atoms with Crippen molar-refractivity contribution in [3.05, 3.63) is 53.6 Å². The van der Waals surface area contributed by atoms with Crippen molar-refractivity contribution in [2.45, 2.75) is 57.5 Å². The molecule has 30 heavy (non-hydrogen) atoms. The van der Waals surface area contributed by atoms with Crippen LogP contribution in [0.2, 0.25) is 0 Å². The summed E-state index contributed by atoms with van der Waals surface area (Å²) in [5.74, 6) is 0.891. The summed E-state index contributed by atoms with van der Waals surface area (Å²) in [6.07, 6.45) is 2.68. The lowest BCUT2D eigenvalue weighted by atomic mass is 10.1. The van der Waals surface area contributed by atoms with Crippen LogP contribution in [0.15, 0.2) is 47.4 Å². The van der Waals surface area contributed by atoms with Crippen LogP contribution in [-0.4, -0.2) is 33.5 Å². The molecule has 1 aliphatic heterocycles. The first-order chi connectivity index (χ1) is 14.3. The molecular formula is C23H30N2O4S. The lowest BCUT2D eigenvalue weighted by Gasteiger charge is -2.16. The van der Waals surface area contributed by atoms with Gasteiger partial charge < -0.3 is 9.64 Å². The number of sulfonamides is 1. The van der Waals surface area contributed by atoms with Crippen LogP contribution in [0.5, 0.6) is 5.75 Å². The maximum absolute atomic E-state index is 12.7. The van der Waals surface area contributed by atoms with E-state index in [2.05, 4.69) is 4.72 Å². The van der Waals surface area contributed by atoms with Crippen LogP contribution < -0.4 is 14.4 Å². The van der Waals surface area contributed by atoms with Crippen LogP contribution >= 0.6 is 0 Å². The summed E-state index contributed by atoms with van der Waals surface area (Å²) < 4.78 is 33.7. The first-order valence-electron chi connectivity index (χ1n) is 10.5. The number of fused-ring (bicyclic) bond motifs is 1. The maximum Gasteiger partial charge on any atom is 0.240 e. The van der Waals surface area contributed by atoms with Gasteiger partial charge in [-0.15, -0.1) is 0 Å². The molecule has 1 N–H and O–H groups in total. The van der Waals surface area contributed by atoms with Gasteiger partial charge in [-0.1, -0.05) is 19.1 Å². The van der Waals surface area contributed by atoms with Crippen molar-refractivity contribution >= 4 is 21.6 Å². The Hall–Kier alpha value is -2.38. The van der Waals surface area contributed by atoms with Gasteiger partial charge in [0.05, 0.1) is 11.0 Å². The van der Waals surface area contributed by atoms with E-state index in [1.807, 2.05) is 45.0 Å². The molecule has 0 aliphatic carbocycles. The molecule has 0 spiro atoms. The second kappa shape index (κ2) is 9.62. The minimum Gasteiger partial charge on any atom is -0.491 e.